The van der Waals surface area contributed by atoms with Crippen molar-refractivity contribution in [2.24, 2.45) is 5.92 Å². The number of carbonyl (C=O) groups is 2. The SMILES string of the molecule is CCCCCCCCCOC(=O)CCCCCCCN(CCCO)CCCCCC(C)CC(=O)OC(CCCCCCCC)CCCCCCCC. The van der Waals surface area contributed by atoms with Crippen molar-refractivity contribution in [2.75, 3.05) is 32.8 Å². The maximum atomic E-state index is 12.9. The van der Waals surface area contributed by atoms with Gasteiger partial charge >= 0.3 is 11.9 Å². The zero-order chi connectivity index (χ0) is 38.2. The van der Waals surface area contributed by atoms with Gasteiger partial charge in [0.2, 0.25) is 0 Å². The van der Waals surface area contributed by atoms with Crippen LogP contribution in [0.5, 0.6) is 0 Å². The smallest absolute Gasteiger partial charge is 0.306 e. The fourth-order valence-electron chi connectivity index (χ4n) is 7.27. The first-order valence-corrected chi connectivity index (χ1v) is 23.1. The Kier molecular flexibility index (Phi) is 40.1. The van der Waals surface area contributed by atoms with Crippen molar-refractivity contribution < 1.29 is 24.2 Å². The van der Waals surface area contributed by atoms with Crippen LogP contribution in [0, 0.1) is 5.92 Å². The summed E-state index contributed by atoms with van der Waals surface area (Å²) >= 11 is 0. The molecule has 0 aromatic carbocycles. The Morgan fingerprint density at radius 1 is 0.500 bits per heavy atom. The molecule has 0 bridgehead atoms. The van der Waals surface area contributed by atoms with Gasteiger partial charge in [0.25, 0.3) is 0 Å². The summed E-state index contributed by atoms with van der Waals surface area (Å²) in [5, 5.41) is 9.41. The molecule has 0 aliphatic rings. The number of aliphatic hydroxyl groups is 1. The zero-order valence-corrected chi connectivity index (χ0v) is 35.6. The van der Waals surface area contributed by atoms with E-state index < -0.39 is 0 Å². The second-order valence-corrected chi connectivity index (χ2v) is 16.2. The largest absolute Gasteiger partial charge is 0.466 e. The Morgan fingerprint density at radius 2 is 0.923 bits per heavy atom. The third-order valence-electron chi connectivity index (χ3n) is 10.7. The Balaban J connectivity index is 4.14. The fraction of sp³-hybridized carbons (Fsp3) is 0.957. The Hall–Kier alpha value is -1.14. The van der Waals surface area contributed by atoms with Crippen molar-refractivity contribution in [3.8, 4) is 0 Å². The van der Waals surface area contributed by atoms with Crippen LogP contribution in [-0.2, 0) is 19.1 Å². The van der Waals surface area contributed by atoms with Gasteiger partial charge in [0.05, 0.1) is 6.61 Å². The molecule has 52 heavy (non-hydrogen) atoms. The molecule has 1 unspecified atom stereocenters. The fourth-order valence-corrected chi connectivity index (χ4v) is 7.27. The third kappa shape index (κ3) is 37.2. The molecule has 0 aromatic heterocycles. The summed E-state index contributed by atoms with van der Waals surface area (Å²) in [5.74, 6) is 0.360. The average molecular weight is 738 g/mol. The second-order valence-electron chi connectivity index (χ2n) is 16.2. The van der Waals surface area contributed by atoms with E-state index in [4.69, 9.17) is 9.47 Å². The van der Waals surface area contributed by atoms with Gasteiger partial charge in [-0.25, -0.2) is 0 Å². The number of nitrogens with zero attached hydrogens (tertiary/aromatic N) is 1. The lowest BCUT2D eigenvalue weighted by Crippen LogP contribution is -2.28. The summed E-state index contributed by atoms with van der Waals surface area (Å²) in [7, 11) is 0. The minimum absolute atomic E-state index is 0.0170. The van der Waals surface area contributed by atoms with E-state index in [0.717, 1.165) is 77.4 Å². The van der Waals surface area contributed by atoms with E-state index in [1.54, 1.807) is 0 Å². The number of ether oxygens (including phenoxy) is 2. The van der Waals surface area contributed by atoms with E-state index in [1.807, 2.05) is 0 Å². The molecule has 0 heterocycles. The van der Waals surface area contributed by atoms with Crippen LogP contribution in [0.4, 0.5) is 0 Å². The summed E-state index contributed by atoms with van der Waals surface area (Å²) in [6.45, 7) is 12.9. The predicted octanol–water partition coefficient (Wildman–Crippen LogP) is 13.3. The van der Waals surface area contributed by atoms with Crippen LogP contribution >= 0.6 is 0 Å². The van der Waals surface area contributed by atoms with Crippen molar-refractivity contribution in [3.63, 3.8) is 0 Å². The quantitative estimate of drug-likeness (QED) is 0.0496. The van der Waals surface area contributed by atoms with Crippen molar-refractivity contribution in [3.05, 3.63) is 0 Å². The summed E-state index contributed by atoms with van der Waals surface area (Å²) in [6, 6.07) is 0. The van der Waals surface area contributed by atoms with Crippen molar-refractivity contribution in [1.82, 2.24) is 4.90 Å². The first kappa shape index (κ1) is 50.9. The Labute approximate surface area is 324 Å². The molecular weight excluding hydrogens is 647 g/mol. The highest BCUT2D eigenvalue weighted by atomic mass is 16.5. The normalized spacial score (nSPS) is 12.2. The van der Waals surface area contributed by atoms with Gasteiger partial charge in [-0.1, -0.05) is 169 Å². The predicted molar refractivity (Wildman–Crippen MR) is 223 cm³/mol. The van der Waals surface area contributed by atoms with Crippen LogP contribution in [0.1, 0.15) is 240 Å². The number of hydrogen-bond acceptors (Lipinski definition) is 6. The van der Waals surface area contributed by atoms with Crippen molar-refractivity contribution >= 4 is 11.9 Å². The molecule has 310 valence electrons. The molecule has 0 aliphatic heterocycles. The van der Waals surface area contributed by atoms with Crippen LogP contribution in [0.3, 0.4) is 0 Å². The number of hydrogen-bond donors (Lipinski definition) is 1. The topological polar surface area (TPSA) is 76.1 Å². The number of unbranched alkanes of at least 4 members (excludes halogenated alkanes) is 22. The van der Waals surface area contributed by atoms with Gasteiger partial charge in [0, 0.05) is 26.0 Å². The highest BCUT2D eigenvalue weighted by molar-refractivity contribution is 5.70. The van der Waals surface area contributed by atoms with E-state index in [2.05, 4.69) is 32.6 Å². The Morgan fingerprint density at radius 3 is 1.46 bits per heavy atom. The number of carbonyl (C=O) groups excluding carboxylic acids is 2. The molecule has 0 fully saturated rings. The lowest BCUT2D eigenvalue weighted by Gasteiger charge is -2.22. The van der Waals surface area contributed by atoms with Crippen molar-refractivity contribution in [2.45, 2.75) is 246 Å². The van der Waals surface area contributed by atoms with Gasteiger partial charge in [-0.15, -0.1) is 0 Å². The highest BCUT2D eigenvalue weighted by Gasteiger charge is 2.17. The molecule has 1 N–H and O–H groups in total. The summed E-state index contributed by atoms with van der Waals surface area (Å²) in [5.41, 5.74) is 0. The molecule has 0 amide bonds. The van der Waals surface area contributed by atoms with E-state index in [1.165, 1.54) is 141 Å². The molecule has 0 spiro atoms. The molecule has 0 aliphatic carbocycles. The average Bonchev–Trinajstić information content (AvgIpc) is 3.13. The molecule has 1 atom stereocenters. The monoisotopic (exact) mass is 738 g/mol. The molecule has 0 aromatic rings. The lowest BCUT2D eigenvalue weighted by atomic mass is 9.99. The molecule has 0 radical (unpaired) electrons. The van der Waals surface area contributed by atoms with E-state index in [0.29, 0.717) is 25.4 Å². The van der Waals surface area contributed by atoms with Gasteiger partial charge in [-0.05, 0) is 76.8 Å². The van der Waals surface area contributed by atoms with E-state index >= 15 is 0 Å². The molecular formula is C46H91NO5. The van der Waals surface area contributed by atoms with Crippen LogP contribution < -0.4 is 0 Å². The van der Waals surface area contributed by atoms with Crippen LogP contribution in [-0.4, -0.2) is 60.9 Å². The first-order valence-electron chi connectivity index (χ1n) is 23.1. The minimum Gasteiger partial charge on any atom is -0.466 e. The highest BCUT2D eigenvalue weighted by Crippen LogP contribution is 2.20. The molecule has 6 nitrogen and oxygen atoms in total. The Bertz CT molecular complexity index is 730. The van der Waals surface area contributed by atoms with Crippen molar-refractivity contribution in [1.29, 1.82) is 0 Å². The summed E-state index contributed by atoms with van der Waals surface area (Å²) in [6.07, 6.45) is 38.3. The lowest BCUT2D eigenvalue weighted by molar-refractivity contribution is -0.151. The van der Waals surface area contributed by atoms with Gasteiger partial charge in [-0.3, -0.25) is 9.59 Å². The molecule has 0 rings (SSSR count). The maximum absolute atomic E-state index is 12.9. The minimum atomic E-state index is -0.0262. The molecule has 6 heteroatoms. The second kappa shape index (κ2) is 41.0. The van der Waals surface area contributed by atoms with Crippen LogP contribution in [0.25, 0.3) is 0 Å². The standard InChI is InChI=1S/C46H91NO5/c1-5-8-11-14-17-23-31-41-51-45(49)36-28-21-18-22-29-37-47(39-32-40-48)38-30-24-25-33-43(4)42-46(50)52-44(34-26-19-15-12-9-6-2)35-27-20-16-13-10-7-3/h43-44,48H,5-42H2,1-4H3. The first-order chi connectivity index (χ1) is 25.5. The summed E-state index contributed by atoms with van der Waals surface area (Å²) in [4.78, 5) is 27.5. The number of esters is 2. The van der Waals surface area contributed by atoms with Crippen LogP contribution in [0.15, 0.2) is 0 Å². The van der Waals surface area contributed by atoms with Crippen LogP contribution in [0.2, 0.25) is 0 Å². The number of aliphatic hydroxyl groups excluding tert-OH is 1. The van der Waals surface area contributed by atoms with E-state index in [9.17, 15) is 14.7 Å². The molecule has 0 saturated heterocycles. The zero-order valence-electron chi connectivity index (χ0n) is 35.6. The number of rotatable bonds is 42. The van der Waals surface area contributed by atoms with Gasteiger partial charge < -0.3 is 19.5 Å². The van der Waals surface area contributed by atoms with Gasteiger partial charge in [0.15, 0.2) is 0 Å². The van der Waals surface area contributed by atoms with Gasteiger partial charge in [-0.2, -0.15) is 0 Å². The van der Waals surface area contributed by atoms with Gasteiger partial charge in [0.1, 0.15) is 6.10 Å². The van der Waals surface area contributed by atoms with E-state index in [-0.39, 0.29) is 24.6 Å². The third-order valence-corrected chi connectivity index (χ3v) is 10.7. The summed E-state index contributed by atoms with van der Waals surface area (Å²) < 4.78 is 11.5. The molecule has 0 saturated carbocycles. The maximum Gasteiger partial charge on any atom is 0.306 e.